The highest BCUT2D eigenvalue weighted by Crippen LogP contribution is 2.33. The van der Waals surface area contributed by atoms with Crippen LogP contribution in [-0.2, 0) is 23.8 Å². The van der Waals surface area contributed by atoms with Crippen LogP contribution in [0.5, 0.6) is 5.75 Å². The molecule has 1 aliphatic heterocycles. The number of carboxylic acid groups (broad SMARTS) is 1. The number of aryl methyl sites for hydroxylation is 1. The van der Waals surface area contributed by atoms with E-state index in [9.17, 15) is 23.1 Å². The number of anilines is 1. The van der Waals surface area contributed by atoms with E-state index in [0.29, 0.717) is 31.1 Å². The number of alkyl halides is 3. The molecule has 0 spiro atoms. The Bertz CT molecular complexity index is 1460. The van der Waals surface area contributed by atoms with E-state index in [4.69, 9.17) is 9.15 Å². The molecule has 5 rings (SSSR count). The first-order valence-electron chi connectivity index (χ1n) is 12.8. The van der Waals surface area contributed by atoms with Gasteiger partial charge in [0.2, 0.25) is 11.8 Å². The molecule has 0 bridgehead atoms. The number of aliphatic carboxylic acids is 1. The molecule has 40 heavy (non-hydrogen) atoms. The first-order chi connectivity index (χ1) is 19.2. The standard InChI is InChI=1S/C29H27F3N4O4/c1-18-24(34-26(40-18)20-5-3-2-4-6-20)12-14-39-23-9-7-19(8-10-23)15-22-16-21(27(37)38)17-36(22)28-33-13-11-25(35-28)29(30,31)32/h2-11,13,21-22H,12,14-17H2,1H3,(H,37,38)/t21-,22+/m0/s1. The topological polar surface area (TPSA) is 102 Å². The van der Waals surface area contributed by atoms with Crippen LogP contribution in [0.4, 0.5) is 19.1 Å². The van der Waals surface area contributed by atoms with E-state index in [1.807, 2.05) is 61.5 Å². The fourth-order valence-electron chi connectivity index (χ4n) is 4.80. The Balaban J connectivity index is 1.21. The maximum Gasteiger partial charge on any atom is 0.433 e. The molecule has 2 aromatic carbocycles. The molecule has 8 nitrogen and oxygen atoms in total. The third-order valence-electron chi connectivity index (χ3n) is 6.87. The highest BCUT2D eigenvalue weighted by Gasteiger charge is 2.39. The third-order valence-corrected chi connectivity index (χ3v) is 6.87. The molecular formula is C29H27F3N4O4. The zero-order chi connectivity index (χ0) is 28.3. The van der Waals surface area contributed by atoms with Crippen molar-refractivity contribution in [2.45, 2.75) is 38.4 Å². The molecule has 1 saturated heterocycles. The van der Waals surface area contributed by atoms with E-state index < -0.39 is 23.8 Å². The minimum Gasteiger partial charge on any atom is -0.493 e. The molecule has 0 aliphatic carbocycles. The molecule has 1 N–H and O–H groups in total. The zero-order valence-corrected chi connectivity index (χ0v) is 21.6. The molecule has 2 atom stereocenters. The largest absolute Gasteiger partial charge is 0.493 e. The maximum absolute atomic E-state index is 13.2. The SMILES string of the molecule is Cc1oc(-c2ccccc2)nc1CCOc1ccc(C[C@@H]2C[C@H](C(=O)O)CN2c2nccc(C(F)(F)F)n2)cc1. The Hall–Kier alpha value is -4.41. The first kappa shape index (κ1) is 27.2. The molecule has 208 valence electrons. The quantitative estimate of drug-likeness (QED) is 0.286. The van der Waals surface area contributed by atoms with Crippen LogP contribution in [0.2, 0.25) is 0 Å². The van der Waals surface area contributed by atoms with Gasteiger partial charge in [0.1, 0.15) is 17.2 Å². The number of aromatic nitrogens is 3. The molecular weight excluding hydrogens is 525 g/mol. The van der Waals surface area contributed by atoms with Gasteiger partial charge in [-0.3, -0.25) is 4.79 Å². The van der Waals surface area contributed by atoms with Crippen LogP contribution >= 0.6 is 0 Å². The van der Waals surface area contributed by atoms with Crippen molar-refractivity contribution >= 4 is 11.9 Å². The molecule has 0 amide bonds. The Kier molecular flexibility index (Phi) is 7.72. The lowest BCUT2D eigenvalue weighted by Gasteiger charge is -2.25. The minimum absolute atomic E-state index is 0.0377. The molecule has 1 fully saturated rings. The third kappa shape index (κ3) is 6.24. The van der Waals surface area contributed by atoms with Crippen molar-refractivity contribution in [3.8, 4) is 17.2 Å². The molecule has 11 heteroatoms. The second-order valence-electron chi connectivity index (χ2n) is 9.65. The van der Waals surface area contributed by atoms with Crippen LogP contribution in [-0.4, -0.2) is 45.2 Å². The minimum atomic E-state index is -4.62. The van der Waals surface area contributed by atoms with Crippen molar-refractivity contribution in [2.24, 2.45) is 5.92 Å². The van der Waals surface area contributed by atoms with Crippen LogP contribution in [0, 0.1) is 12.8 Å². The number of rotatable bonds is 9. The van der Waals surface area contributed by atoms with Gasteiger partial charge < -0.3 is 19.2 Å². The Morgan fingerprint density at radius 1 is 1.10 bits per heavy atom. The summed E-state index contributed by atoms with van der Waals surface area (Å²) in [7, 11) is 0. The number of oxazole rings is 1. The molecule has 0 radical (unpaired) electrons. The first-order valence-corrected chi connectivity index (χ1v) is 12.8. The lowest BCUT2D eigenvalue weighted by atomic mass is 10.00. The predicted molar refractivity (Wildman–Crippen MR) is 140 cm³/mol. The lowest BCUT2D eigenvalue weighted by molar-refractivity contribution is -0.142. The molecule has 2 aromatic heterocycles. The Labute approximate surface area is 228 Å². The van der Waals surface area contributed by atoms with Gasteiger partial charge in [0.15, 0.2) is 0 Å². The number of halogens is 3. The van der Waals surface area contributed by atoms with Gasteiger partial charge in [0.05, 0.1) is 18.2 Å². The smallest absolute Gasteiger partial charge is 0.433 e. The van der Waals surface area contributed by atoms with Crippen molar-refractivity contribution < 1.29 is 32.2 Å². The van der Waals surface area contributed by atoms with E-state index >= 15 is 0 Å². The number of nitrogens with zero attached hydrogens (tertiary/aromatic N) is 4. The predicted octanol–water partition coefficient (Wildman–Crippen LogP) is 5.60. The summed E-state index contributed by atoms with van der Waals surface area (Å²) >= 11 is 0. The number of carboxylic acids is 1. The van der Waals surface area contributed by atoms with Gasteiger partial charge in [-0.15, -0.1) is 0 Å². The molecule has 4 aromatic rings. The van der Waals surface area contributed by atoms with Crippen molar-refractivity contribution in [1.29, 1.82) is 0 Å². The van der Waals surface area contributed by atoms with Crippen molar-refractivity contribution in [1.82, 2.24) is 15.0 Å². The average Bonchev–Trinajstić information content (AvgIpc) is 3.53. The second kappa shape index (κ2) is 11.4. The molecule has 3 heterocycles. The van der Waals surface area contributed by atoms with Gasteiger partial charge in [0, 0.05) is 30.8 Å². The van der Waals surface area contributed by atoms with Crippen molar-refractivity contribution in [2.75, 3.05) is 18.1 Å². The van der Waals surface area contributed by atoms with Gasteiger partial charge in [-0.05, 0) is 55.7 Å². The van der Waals surface area contributed by atoms with Crippen LogP contribution in [0.25, 0.3) is 11.5 Å². The van der Waals surface area contributed by atoms with Gasteiger partial charge >= 0.3 is 12.1 Å². The highest BCUT2D eigenvalue weighted by atomic mass is 19.4. The van der Waals surface area contributed by atoms with Crippen molar-refractivity contribution in [3.05, 3.63) is 89.6 Å². The number of ether oxygens (including phenoxy) is 1. The van der Waals surface area contributed by atoms with E-state index in [1.54, 1.807) is 4.90 Å². The Morgan fingerprint density at radius 3 is 2.55 bits per heavy atom. The molecule has 0 saturated carbocycles. The summed E-state index contributed by atoms with van der Waals surface area (Å²) in [4.78, 5) is 25.5. The average molecular weight is 553 g/mol. The number of benzene rings is 2. The highest BCUT2D eigenvalue weighted by molar-refractivity contribution is 5.72. The van der Waals surface area contributed by atoms with Gasteiger partial charge in [-0.25, -0.2) is 15.0 Å². The summed E-state index contributed by atoms with van der Waals surface area (Å²) in [5.41, 5.74) is 1.55. The Morgan fingerprint density at radius 2 is 1.85 bits per heavy atom. The maximum atomic E-state index is 13.2. The van der Waals surface area contributed by atoms with Crippen molar-refractivity contribution in [3.63, 3.8) is 0 Å². The lowest BCUT2D eigenvalue weighted by Crippen LogP contribution is -2.33. The summed E-state index contributed by atoms with van der Waals surface area (Å²) in [6, 6.07) is 17.4. The second-order valence-corrected chi connectivity index (χ2v) is 9.65. The molecule has 0 unspecified atom stereocenters. The van der Waals surface area contributed by atoms with Gasteiger partial charge in [-0.2, -0.15) is 13.2 Å². The fourth-order valence-corrected chi connectivity index (χ4v) is 4.80. The number of hydrogen-bond acceptors (Lipinski definition) is 7. The summed E-state index contributed by atoms with van der Waals surface area (Å²) < 4.78 is 51.3. The molecule has 1 aliphatic rings. The van der Waals surface area contributed by atoms with Crippen LogP contribution in [0.1, 0.15) is 29.1 Å². The number of carbonyl (C=O) groups is 1. The summed E-state index contributed by atoms with van der Waals surface area (Å²) in [5.74, 6) is 0.111. The van der Waals surface area contributed by atoms with E-state index in [0.717, 1.165) is 34.8 Å². The van der Waals surface area contributed by atoms with E-state index in [2.05, 4.69) is 15.0 Å². The van der Waals surface area contributed by atoms with E-state index in [1.165, 1.54) is 0 Å². The summed E-state index contributed by atoms with van der Waals surface area (Å²) in [6.07, 6.45) is -2.31. The fraction of sp³-hybridized carbons (Fsp3) is 0.310. The number of hydrogen-bond donors (Lipinski definition) is 1. The summed E-state index contributed by atoms with van der Waals surface area (Å²) in [5, 5.41) is 9.55. The van der Waals surface area contributed by atoms with Crippen LogP contribution in [0.3, 0.4) is 0 Å². The monoisotopic (exact) mass is 552 g/mol. The zero-order valence-electron chi connectivity index (χ0n) is 21.6. The normalized spacial score (nSPS) is 17.2. The van der Waals surface area contributed by atoms with E-state index in [-0.39, 0.29) is 25.0 Å². The van der Waals surface area contributed by atoms with Crippen LogP contribution in [0.15, 0.2) is 71.3 Å². The summed E-state index contributed by atoms with van der Waals surface area (Å²) in [6.45, 7) is 2.30. The van der Waals surface area contributed by atoms with Gasteiger partial charge in [-0.1, -0.05) is 30.3 Å². The van der Waals surface area contributed by atoms with Gasteiger partial charge in [0.25, 0.3) is 0 Å². The van der Waals surface area contributed by atoms with Crippen LogP contribution < -0.4 is 9.64 Å².